The lowest BCUT2D eigenvalue weighted by atomic mass is 10.0. The van der Waals surface area contributed by atoms with Gasteiger partial charge in [-0.1, -0.05) is 12.1 Å². The molecule has 1 N–H and O–H groups in total. The number of nitro groups is 1. The minimum Gasteiger partial charge on any atom is -0.331 e. The van der Waals surface area contributed by atoms with Gasteiger partial charge in [-0.15, -0.1) is 23.2 Å². The van der Waals surface area contributed by atoms with Gasteiger partial charge in [0, 0.05) is 43.0 Å². The van der Waals surface area contributed by atoms with Gasteiger partial charge in [-0.05, 0) is 12.0 Å². The van der Waals surface area contributed by atoms with Crippen molar-refractivity contribution in [2.45, 2.75) is 12.5 Å². The van der Waals surface area contributed by atoms with E-state index in [0.29, 0.717) is 31.5 Å². The van der Waals surface area contributed by atoms with E-state index in [1.807, 2.05) is 0 Å². The molecule has 0 bridgehead atoms. The molecule has 0 saturated carbocycles. The molecule has 0 radical (unpaired) electrons. The molecule has 0 spiro atoms. The van der Waals surface area contributed by atoms with Crippen LogP contribution in [0.5, 0.6) is 0 Å². The van der Waals surface area contributed by atoms with E-state index >= 15 is 0 Å². The van der Waals surface area contributed by atoms with Gasteiger partial charge in [-0.2, -0.15) is 0 Å². The second-order valence-corrected chi connectivity index (χ2v) is 7.14. The highest BCUT2D eigenvalue weighted by Gasteiger charge is 2.28. The minimum atomic E-state index is -0.949. The van der Waals surface area contributed by atoms with E-state index in [9.17, 15) is 10.1 Å². The molecule has 1 saturated heterocycles. The third-order valence-electron chi connectivity index (χ3n) is 3.33. The first-order chi connectivity index (χ1) is 10.7. The van der Waals surface area contributed by atoms with E-state index in [2.05, 4.69) is 9.76 Å². The lowest BCUT2D eigenvalue weighted by Crippen LogP contribution is -2.34. The highest BCUT2D eigenvalue weighted by Crippen LogP contribution is 2.44. The largest absolute Gasteiger partial charge is 0.331 e. The van der Waals surface area contributed by atoms with Crippen LogP contribution in [-0.4, -0.2) is 41.1 Å². The first-order valence-corrected chi connectivity index (χ1v) is 9.24. The summed E-state index contributed by atoms with van der Waals surface area (Å²) in [5, 5.41) is 14.2. The molecule has 1 aromatic carbocycles. The first kappa shape index (κ1) is 17.9. The number of rotatable bonds is 7. The van der Waals surface area contributed by atoms with Crippen LogP contribution in [0, 0.1) is 10.1 Å². The number of hydrogen-bond acceptors (Lipinski definition) is 5. The lowest BCUT2D eigenvalue weighted by Gasteiger charge is -2.37. The van der Waals surface area contributed by atoms with Crippen molar-refractivity contribution in [3.8, 4) is 0 Å². The van der Waals surface area contributed by atoms with Gasteiger partial charge in [0.2, 0.25) is 0 Å². The third-order valence-corrected chi connectivity index (χ3v) is 5.55. The summed E-state index contributed by atoms with van der Waals surface area (Å²) >= 11 is 11.7. The van der Waals surface area contributed by atoms with Crippen LogP contribution in [0.4, 0.5) is 5.69 Å². The van der Waals surface area contributed by atoms with Crippen LogP contribution in [0.1, 0.15) is 18.0 Å². The van der Waals surface area contributed by atoms with E-state index in [0.717, 1.165) is 12.0 Å². The Labute approximate surface area is 140 Å². The average Bonchev–Trinajstić information content (AvgIpc) is 2.55. The molecule has 1 heterocycles. The van der Waals surface area contributed by atoms with E-state index in [4.69, 9.17) is 27.7 Å². The molecule has 2 unspecified atom stereocenters. The summed E-state index contributed by atoms with van der Waals surface area (Å²) in [5.41, 5.74) is 1.13. The summed E-state index contributed by atoms with van der Waals surface area (Å²) in [6, 6.07) is 6.77. The Morgan fingerprint density at radius 2 is 1.95 bits per heavy atom. The van der Waals surface area contributed by atoms with Crippen LogP contribution >= 0.6 is 31.7 Å². The Bertz CT molecular complexity index is 486. The smallest absolute Gasteiger partial charge is 0.269 e. The van der Waals surface area contributed by atoms with Crippen LogP contribution < -0.4 is 5.09 Å². The van der Waals surface area contributed by atoms with Crippen LogP contribution in [0.25, 0.3) is 0 Å². The number of alkyl halides is 2. The zero-order chi connectivity index (χ0) is 15.9. The fraction of sp³-hybridized carbons (Fsp3) is 0.538. The van der Waals surface area contributed by atoms with Gasteiger partial charge >= 0.3 is 0 Å². The van der Waals surface area contributed by atoms with Gasteiger partial charge in [0.05, 0.1) is 11.5 Å². The number of nitro benzene ring substituents is 1. The van der Waals surface area contributed by atoms with Crippen LogP contribution in [0.15, 0.2) is 24.3 Å². The Hall–Kier alpha value is -0.490. The zero-order valence-electron chi connectivity index (χ0n) is 12.0. The fourth-order valence-corrected chi connectivity index (χ4v) is 4.64. The minimum absolute atomic E-state index is 0.101. The predicted octanol–water partition coefficient (Wildman–Crippen LogP) is 3.65. The normalized spacial score (nSPS) is 22.0. The van der Waals surface area contributed by atoms with Crippen molar-refractivity contribution >= 4 is 37.3 Å². The van der Waals surface area contributed by atoms with Gasteiger partial charge in [-0.25, -0.2) is 4.67 Å². The summed E-state index contributed by atoms with van der Waals surface area (Å²) in [6.45, 7) is 2.06. The van der Waals surface area contributed by atoms with Crippen molar-refractivity contribution in [3.63, 3.8) is 0 Å². The van der Waals surface area contributed by atoms with E-state index in [1.165, 1.54) is 12.1 Å². The molecule has 1 aromatic rings. The molecule has 0 aliphatic carbocycles. The molecule has 2 rings (SSSR count). The summed E-state index contributed by atoms with van der Waals surface area (Å²) < 4.78 is 7.93. The standard InChI is InChI=1S/C13H18Cl2N3O3P/c14-6-8-17(9-7-15)22-16-13(5-10-21-22)11-1-3-12(4-2-11)18(19)20/h1-4,13,16H,5-10H2. The number of hydrogen-bond donors (Lipinski definition) is 1. The Balaban J connectivity index is 2.04. The second-order valence-electron chi connectivity index (χ2n) is 4.76. The maximum absolute atomic E-state index is 10.7. The van der Waals surface area contributed by atoms with Gasteiger partial charge in [-0.3, -0.25) is 15.2 Å². The third kappa shape index (κ3) is 4.75. The van der Waals surface area contributed by atoms with Gasteiger partial charge in [0.1, 0.15) is 0 Å². The average molecular weight is 366 g/mol. The van der Waals surface area contributed by atoms with E-state index in [-0.39, 0.29) is 11.7 Å². The maximum atomic E-state index is 10.7. The molecular formula is C13H18Cl2N3O3P. The molecule has 122 valence electrons. The van der Waals surface area contributed by atoms with E-state index < -0.39 is 13.4 Å². The predicted molar refractivity (Wildman–Crippen MR) is 89.5 cm³/mol. The Kier molecular flexibility index (Phi) is 7.28. The van der Waals surface area contributed by atoms with E-state index in [1.54, 1.807) is 12.1 Å². The van der Waals surface area contributed by atoms with Crippen LogP contribution in [0.2, 0.25) is 0 Å². The molecule has 2 atom stereocenters. The molecule has 1 aliphatic rings. The number of non-ortho nitro benzene ring substituents is 1. The van der Waals surface area contributed by atoms with Crippen molar-refractivity contribution in [3.05, 3.63) is 39.9 Å². The molecule has 9 heteroatoms. The number of nitrogens with one attached hydrogen (secondary N) is 1. The highest BCUT2D eigenvalue weighted by atomic mass is 35.5. The van der Waals surface area contributed by atoms with Gasteiger partial charge < -0.3 is 4.52 Å². The second kappa shape index (κ2) is 8.96. The van der Waals surface area contributed by atoms with Crippen LogP contribution in [-0.2, 0) is 4.52 Å². The summed E-state index contributed by atoms with van der Waals surface area (Å²) in [5.74, 6) is 1.03. The molecule has 0 amide bonds. The quantitative estimate of drug-likeness (QED) is 0.345. The number of halogens is 2. The molecule has 0 aromatic heterocycles. The van der Waals surface area contributed by atoms with Crippen molar-refractivity contribution in [1.29, 1.82) is 0 Å². The molecular weight excluding hydrogens is 348 g/mol. The molecule has 1 fully saturated rings. The monoisotopic (exact) mass is 365 g/mol. The first-order valence-electron chi connectivity index (χ1n) is 6.96. The molecule has 6 nitrogen and oxygen atoms in total. The summed E-state index contributed by atoms with van der Waals surface area (Å²) in [4.78, 5) is 10.3. The Morgan fingerprint density at radius 3 is 2.50 bits per heavy atom. The van der Waals surface area contributed by atoms with Gasteiger partial charge in [0.25, 0.3) is 5.69 Å². The van der Waals surface area contributed by atoms with Crippen molar-refractivity contribution < 1.29 is 9.45 Å². The zero-order valence-corrected chi connectivity index (χ0v) is 14.4. The molecule has 1 aliphatic heterocycles. The SMILES string of the molecule is O=[N+]([O-])c1ccc(C2CCOP(N(CCCl)CCCl)N2)cc1. The topological polar surface area (TPSA) is 67.6 Å². The summed E-state index contributed by atoms with van der Waals surface area (Å²) in [7, 11) is -0.949. The van der Waals surface area contributed by atoms with Crippen LogP contribution in [0.3, 0.4) is 0 Å². The molecule has 22 heavy (non-hydrogen) atoms. The fourth-order valence-electron chi connectivity index (χ4n) is 2.21. The highest BCUT2D eigenvalue weighted by molar-refractivity contribution is 7.47. The summed E-state index contributed by atoms with van der Waals surface area (Å²) in [6.07, 6.45) is 0.826. The number of nitrogens with zero attached hydrogens (tertiary/aromatic N) is 2. The van der Waals surface area contributed by atoms with Crippen molar-refractivity contribution in [2.24, 2.45) is 0 Å². The number of benzene rings is 1. The van der Waals surface area contributed by atoms with Crippen molar-refractivity contribution in [1.82, 2.24) is 9.76 Å². The van der Waals surface area contributed by atoms with Crippen molar-refractivity contribution in [2.75, 3.05) is 31.5 Å². The Morgan fingerprint density at radius 1 is 1.32 bits per heavy atom. The maximum Gasteiger partial charge on any atom is 0.269 e. The van der Waals surface area contributed by atoms with Gasteiger partial charge in [0.15, 0.2) is 8.45 Å². The lowest BCUT2D eigenvalue weighted by molar-refractivity contribution is -0.384.